The third kappa shape index (κ3) is 12.5. The number of aryl methyl sites for hydroxylation is 2. The van der Waals surface area contributed by atoms with E-state index >= 15 is 0 Å². The molecule has 1 aromatic carbocycles. The Kier molecular flexibility index (Phi) is 15.8. The minimum atomic E-state index is 1.03. The fraction of sp³-hybridized carbons (Fsp3) is 0.710. The van der Waals surface area contributed by atoms with Crippen molar-refractivity contribution in [1.82, 2.24) is 4.57 Å². The predicted octanol–water partition coefficient (Wildman–Crippen LogP) is 9.04. The number of hydrogen-bond acceptors (Lipinski definition) is 0. The van der Waals surface area contributed by atoms with Crippen LogP contribution in [0, 0.1) is 0 Å². The Morgan fingerprint density at radius 2 is 1.09 bits per heavy atom. The predicted molar refractivity (Wildman–Crippen MR) is 144 cm³/mol. The molecule has 0 saturated heterocycles. The van der Waals surface area contributed by atoms with E-state index in [1.54, 1.807) is 0 Å². The van der Waals surface area contributed by atoms with Crippen LogP contribution in [0.15, 0.2) is 42.7 Å². The van der Waals surface area contributed by atoms with E-state index in [2.05, 4.69) is 65.7 Å². The lowest BCUT2D eigenvalue weighted by molar-refractivity contribution is -0.703. The van der Waals surface area contributed by atoms with Crippen molar-refractivity contribution < 1.29 is 4.57 Å². The first kappa shape index (κ1) is 27.7. The first-order chi connectivity index (χ1) is 16.3. The average Bonchev–Trinajstić information content (AvgIpc) is 3.23. The number of nitrogens with zero attached hydrogens (tertiary/aromatic N) is 2. The van der Waals surface area contributed by atoms with Gasteiger partial charge in [0.25, 0.3) is 5.82 Å². The number of aromatic nitrogens is 2. The largest absolute Gasteiger partial charge is 0.260 e. The van der Waals surface area contributed by atoms with Crippen molar-refractivity contribution >= 4 is 0 Å². The molecule has 0 aliphatic carbocycles. The molecule has 0 fully saturated rings. The van der Waals surface area contributed by atoms with Gasteiger partial charge in [-0.1, -0.05) is 134 Å². The van der Waals surface area contributed by atoms with Crippen LogP contribution in [-0.2, 0) is 19.5 Å². The van der Waals surface area contributed by atoms with Gasteiger partial charge in [0.1, 0.15) is 12.4 Å². The summed E-state index contributed by atoms with van der Waals surface area (Å²) in [6.07, 6.45) is 30.0. The first-order valence-corrected chi connectivity index (χ1v) is 14.5. The molecule has 0 radical (unpaired) electrons. The molecule has 2 heteroatoms. The smallest absolute Gasteiger partial charge is 0.234 e. The van der Waals surface area contributed by atoms with E-state index in [1.165, 1.54) is 121 Å². The second-order valence-corrected chi connectivity index (χ2v) is 10.0. The van der Waals surface area contributed by atoms with Crippen molar-refractivity contribution in [3.05, 3.63) is 54.1 Å². The number of hydrogen-bond donors (Lipinski definition) is 0. The van der Waals surface area contributed by atoms with Crippen LogP contribution in [0.2, 0.25) is 0 Å². The zero-order valence-electron chi connectivity index (χ0n) is 22.1. The maximum absolute atomic E-state index is 2.49. The zero-order chi connectivity index (χ0) is 23.4. The Morgan fingerprint density at radius 1 is 0.606 bits per heavy atom. The molecule has 33 heavy (non-hydrogen) atoms. The van der Waals surface area contributed by atoms with Gasteiger partial charge >= 0.3 is 0 Å². The van der Waals surface area contributed by atoms with Crippen molar-refractivity contribution in [1.29, 1.82) is 0 Å². The second kappa shape index (κ2) is 18.8. The van der Waals surface area contributed by atoms with Crippen LogP contribution in [-0.4, -0.2) is 4.57 Å². The maximum atomic E-state index is 2.49. The molecule has 2 rings (SSSR count). The fourth-order valence-corrected chi connectivity index (χ4v) is 4.98. The van der Waals surface area contributed by atoms with E-state index in [9.17, 15) is 0 Å². The summed E-state index contributed by atoms with van der Waals surface area (Å²) in [6.45, 7) is 6.75. The summed E-state index contributed by atoms with van der Waals surface area (Å²) in [5, 5.41) is 0. The van der Waals surface area contributed by atoms with Crippen molar-refractivity contribution in [3.8, 4) is 0 Å². The molecule has 0 unspecified atom stereocenters. The van der Waals surface area contributed by atoms with E-state index in [-0.39, 0.29) is 0 Å². The Balaban J connectivity index is 1.44. The van der Waals surface area contributed by atoms with Gasteiger partial charge in [0.05, 0.1) is 19.5 Å². The molecule has 2 aromatic rings. The van der Waals surface area contributed by atoms with Gasteiger partial charge in [0, 0.05) is 0 Å². The quantitative estimate of drug-likeness (QED) is 0.132. The molecule has 0 bridgehead atoms. The number of imidazole rings is 1. The SMILES string of the molecule is CCCCCCCCCCCCCCCCCCC[n+]1ccn(CC)c1Cc1ccccc1. The molecule has 186 valence electrons. The Labute approximate surface area is 205 Å². The third-order valence-corrected chi connectivity index (χ3v) is 7.14. The van der Waals surface area contributed by atoms with Crippen LogP contribution in [0.1, 0.15) is 134 Å². The van der Waals surface area contributed by atoms with E-state index in [0.29, 0.717) is 0 Å². The van der Waals surface area contributed by atoms with Crippen molar-refractivity contribution in [2.24, 2.45) is 0 Å². The van der Waals surface area contributed by atoms with E-state index in [1.807, 2.05) is 0 Å². The lowest BCUT2D eigenvalue weighted by Gasteiger charge is -2.05. The van der Waals surface area contributed by atoms with Gasteiger partial charge in [-0.05, 0) is 25.3 Å². The van der Waals surface area contributed by atoms with Gasteiger partial charge in [-0.25, -0.2) is 9.13 Å². The molecule has 2 nitrogen and oxygen atoms in total. The fourth-order valence-electron chi connectivity index (χ4n) is 4.98. The maximum Gasteiger partial charge on any atom is 0.260 e. The highest BCUT2D eigenvalue weighted by Crippen LogP contribution is 2.14. The molecule has 0 aliphatic heterocycles. The lowest BCUT2D eigenvalue weighted by Crippen LogP contribution is -2.37. The summed E-state index contributed by atoms with van der Waals surface area (Å²) in [4.78, 5) is 0. The Bertz CT molecular complexity index is 688. The minimum Gasteiger partial charge on any atom is -0.234 e. The highest BCUT2D eigenvalue weighted by molar-refractivity contribution is 5.18. The minimum absolute atomic E-state index is 1.03. The normalized spacial score (nSPS) is 11.3. The monoisotopic (exact) mass is 453 g/mol. The zero-order valence-corrected chi connectivity index (χ0v) is 22.1. The number of unbranched alkanes of at least 4 members (excludes halogenated alkanes) is 16. The third-order valence-electron chi connectivity index (χ3n) is 7.14. The van der Waals surface area contributed by atoms with Gasteiger partial charge in [0.2, 0.25) is 0 Å². The molecular weight excluding hydrogens is 400 g/mol. The number of rotatable bonds is 21. The van der Waals surface area contributed by atoms with Crippen LogP contribution >= 0.6 is 0 Å². The van der Waals surface area contributed by atoms with Gasteiger partial charge in [0.15, 0.2) is 0 Å². The molecule has 0 N–H and O–H groups in total. The first-order valence-electron chi connectivity index (χ1n) is 14.5. The van der Waals surface area contributed by atoms with Crippen LogP contribution in [0.3, 0.4) is 0 Å². The van der Waals surface area contributed by atoms with Gasteiger partial charge in [-0.2, -0.15) is 0 Å². The van der Waals surface area contributed by atoms with E-state index in [4.69, 9.17) is 0 Å². The standard InChI is InChI=1S/C31H53N2/c1-3-5-6-7-8-9-10-11-12-13-14-15-16-17-18-19-23-26-33-28-27-32(4-2)31(33)29-30-24-21-20-22-25-30/h20-22,24-25,27-28H,3-19,23,26,29H2,1-2H3/q+1. The Hall–Kier alpha value is -1.57. The number of benzene rings is 1. The van der Waals surface area contributed by atoms with Crippen LogP contribution in [0.4, 0.5) is 0 Å². The molecule has 0 spiro atoms. The average molecular weight is 454 g/mol. The summed E-state index contributed by atoms with van der Waals surface area (Å²) in [5.74, 6) is 1.44. The van der Waals surface area contributed by atoms with Crippen molar-refractivity contribution in [2.45, 2.75) is 143 Å². The molecule has 0 amide bonds. The van der Waals surface area contributed by atoms with Crippen molar-refractivity contribution in [3.63, 3.8) is 0 Å². The van der Waals surface area contributed by atoms with Crippen LogP contribution in [0.5, 0.6) is 0 Å². The lowest BCUT2D eigenvalue weighted by atomic mass is 10.0. The van der Waals surface area contributed by atoms with Gasteiger partial charge < -0.3 is 0 Å². The highest BCUT2D eigenvalue weighted by Gasteiger charge is 2.16. The molecule has 0 atom stereocenters. The Morgan fingerprint density at radius 3 is 1.58 bits per heavy atom. The summed E-state index contributed by atoms with van der Waals surface area (Å²) in [7, 11) is 0. The molecule has 0 aliphatic rings. The molecule has 0 saturated carbocycles. The second-order valence-electron chi connectivity index (χ2n) is 10.0. The summed E-state index contributed by atoms with van der Waals surface area (Å²) < 4.78 is 4.89. The summed E-state index contributed by atoms with van der Waals surface area (Å²) in [5.41, 5.74) is 1.40. The van der Waals surface area contributed by atoms with Crippen LogP contribution in [0.25, 0.3) is 0 Å². The van der Waals surface area contributed by atoms with E-state index < -0.39 is 0 Å². The summed E-state index contributed by atoms with van der Waals surface area (Å²) in [6, 6.07) is 10.9. The van der Waals surface area contributed by atoms with Crippen LogP contribution < -0.4 is 4.57 Å². The topological polar surface area (TPSA) is 8.81 Å². The summed E-state index contributed by atoms with van der Waals surface area (Å²) >= 11 is 0. The highest BCUT2D eigenvalue weighted by atomic mass is 15.1. The molecule has 1 aromatic heterocycles. The van der Waals surface area contributed by atoms with Gasteiger partial charge in [-0.15, -0.1) is 0 Å². The molecular formula is C31H53N2+. The van der Waals surface area contributed by atoms with Crippen molar-refractivity contribution in [2.75, 3.05) is 0 Å². The van der Waals surface area contributed by atoms with E-state index in [0.717, 1.165) is 19.5 Å². The van der Waals surface area contributed by atoms with Gasteiger partial charge in [-0.3, -0.25) is 0 Å². The molecule has 1 heterocycles.